The van der Waals surface area contributed by atoms with Crippen LogP contribution < -0.4 is 4.90 Å². The minimum atomic E-state index is 0.0382. The van der Waals surface area contributed by atoms with Gasteiger partial charge in [0, 0.05) is 31.1 Å². The number of hydrogen-bond acceptors (Lipinski definition) is 3. The molecule has 0 spiro atoms. The van der Waals surface area contributed by atoms with E-state index in [0.29, 0.717) is 18.7 Å². The summed E-state index contributed by atoms with van der Waals surface area (Å²) in [6.45, 7) is 2.05. The summed E-state index contributed by atoms with van der Waals surface area (Å²) in [7, 11) is 1.78. The molecule has 0 aliphatic carbocycles. The van der Waals surface area contributed by atoms with Crippen molar-refractivity contribution in [3.63, 3.8) is 0 Å². The van der Waals surface area contributed by atoms with Crippen LogP contribution in [0.1, 0.15) is 17.9 Å². The van der Waals surface area contributed by atoms with Crippen molar-refractivity contribution in [3.8, 4) is 11.3 Å². The number of aryl methyl sites for hydroxylation is 2. The third-order valence-electron chi connectivity index (χ3n) is 3.96. The summed E-state index contributed by atoms with van der Waals surface area (Å²) in [6.07, 6.45) is 2.56. The van der Waals surface area contributed by atoms with E-state index in [1.54, 1.807) is 18.1 Å². The number of aromatic nitrogens is 1. The largest absolute Gasteiger partial charge is 0.441 e. The first-order chi connectivity index (χ1) is 11.6. The lowest BCUT2D eigenvalue weighted by Gasteiger charge is -2.16. The molecule has 3 rings (SSSR count). The lowest BCUT2D eigenvalue weighted by molar-refractivity contribution is -0.118. The molecule has 0 bridgehead atoms. The molecule has 0 atom stereocenters. The summed E-state index contributed by atoms with van der Waals surface area (Å²) in [6, 6.07) is 17.7. The van der Waals surface area contributed by atoms with Gasteiger partial charge in [0.05, 0.1) is 6.20 Å². The highest BCUT2D eigenvalue weighted by molar-refractivity contribution is 5.92. The normalized spacial score (nSPS) is 10.6. The minimum absolute atomic E-state index is 0.0382. The van der Waals surface area contributed by atoms with Crippen molar-refractivity contribution in [2.45, 2.75) is 19.8 Å². The fourth-order valence-corrected chi connectivity index (χ4v) is 2.45. The van der Waals surface area contributed by atoms with Crippen LogP contribution in [0.25, 0.3) is 11.3 Å². The number of carbonyl (C=O) groups is 1. The van der Waals surface area contributed by atoms with Gasteiger partial charge in [-0.25, -0.2) is 4.98 Å². The minimum Gasteiger partial charge on any atom is -0.441 e. The molecule has 0 saturated heterocycles. The van der Waals surface area contributed by atoms with E-state index in [2.05, 4.69) is 4.98 Å². The molecular formula is C20H20N2O2. The number of carbonyl (C=O) groups excluding carboxylic acids is 1. The monoisotopic (exact) mass is 320 g/mol. The van der Waals surface area contributed by atoms with Gasteiger partial charge in [-0.1, -0.05) is 48.0 Å². The smallest absolute Gasteiger partial charge is 0.227 e. The van der Waals surface area contributed by atoms with E-state index in [-0.39, 0.29) is 5.91 Å². The van der Waals surface area contributed by atoms with Crippen LogP contribution in [-0.4, -0.2) is 17.9 Å². The lowest BCUT2D eigenvalue weighted by atomic mass is 10.1. The molecule has 3 aromatic rings. The third kappa shape index (κ3) is 3.71. The van der Waals surface area contributed by atoms with E-state index in [9.17, 15) is 4.79 Å². The van der Waals surface area contributed by atoms with Gasteiger partial charge in [-0.2, -0.15) is 0 Å². The summed E-state index contributed by atoms with van der Waals surface area (Å²) in [5, 5.41) is 0. The summed E-state index contributed by atoms with van der Waals surface area (Å²) in [5.41, 5.74) is 3.08. The van der Waals surface area contributed by atoms with Crippen molar-refractivity contribution in [1.82, 2.24) is 4.98 Å². The molecule has 1 heterocycles. The molecule has 2 aromatic carbocycles. The summed E-state index contributed by atoms with van der Waals surface area (Å²) < 4.78 is 5.76. The molecule has 24 heavy (non-hydrogen) atoms. The van der Waals surface area contributed by atoms with Crippen LogP contribution in [0.15, 0.2) is 65.2 Å². The zero-order valence-corrected chi connectivity index (χ0v) is 13.9. The maximum atomic E-state index is 12.3. The van der Waals surface area contributed by atoms with Crippen LogP contribution in [0.5, 0.6) is 0 Å². The van der Waals surface area contributed by atoms with E-state index in [1.165, 1.54) is 5.56 Å². The fourth-order valence-electron chi connectivity index (χ4n) is 2.45. The molecule has 1 amide bonds. The Morgan fingerprint density at radius 1 is 1.08 bits per heavy atom. The van der Waals surface area contributed by atoms with E-state index >= 15 is 0 Å². The molecule has 1 aromatic heterocycles. The second kappa shape index (κ2) is 7.13. The zero-order chi connectivity index (χ0) is 16.9. The average Bonchev–Trinajstić information content (AvgIpc) is 3.09. The van der Waals surface area contributed by atoms with Gasteiger partial charge in [0.25, 0.3) is 0 Å². The summed E-state index contributed by atoms with van der Waals surface area (Å²) in [4.78, 5) is 18.2. The highest BCUT2D eigenvalue weighted by atomic mass is 16.4. The van der Waals surface area contributed by atoms with Gasteiger partial charge in [-0.3, -0.25) is 4.79 Å². The van der Waals surface area contributed by atoms with Gasteiger partial charge in [-0.05, 0) is 19.1 Å². The van der Waals surface area contributed by atoms with Crippen molar-refractivity contribution in [2.24, 2.45) is 0 Å². The number of nitrogens with zero attached hydrogens (tertiary/aromatic N) is 2. The fraction of sp³-hybridized carbons (Fsp3) is 0.200. The molecule has 0 aliphatic rings. The van der Waals surface area contributed by atoms with Crippen molar-refractivity contribution in [1.29, 1.82) is 0 Å². The Labute approximate surface area is 141 Å². The molecule has 0 aliphatic heterocycles. The van der Waals surface area contributed by atoms with Crippen LogP contribution in [0.3, 0.4) is 0 Å². The third-order valence-corrected chi connectivity index (χ3v) is 3.96. The predicted molar refractivity (Wildman–Crippen MR) is 94.8 cm³/mol. The van der Waals surface area contributed by atoms with Crippen LogP contribution in [-0.2, 0) is 11.2 Å². The predicted octanol–water partition coefficient (Wildman–Crippen LogP) is 4.25. The molecule has 0 fully saturated rings. The first-order valence-corrected chi connectivity index (χ1v) is 7.97. The Morgan fingerprint density at radius 2 is 1.79 bits per heavy atom. The molecule has 4 nitrogen and oxygen atoms in total. The second-order valence-corrected chi connectivity index (χ2v) is 5.77. The SMILES string of the molecule is Cc1ccc(-c2cnc(CCC(=O)N(C)c3ccccc3)o2)cc1. The Hall–Kier alpha value is -2.88. The van der Waals surface area contributed by atoms with Gasteiger partial charge in [0.1, 0.15) is 0 Å². The van der Waals surface area contributed by atoms with E-state index < -0.39 is 0 Å². The molecule has 0 radical (unpaired) electrons. The van der Waals surface area contributed by atoms with Crippen LogP contribution in [0.4, 0.5) is 5.69 Å². The molecular weight excluding hydrogens is 300 g/mol. The number of amides is 1. The van der Waals surface area contributed by atoms with E-state index in [4.69, 9.17) is 4.42 Å². The van der Waals surface area contributed by atoms with Crippen LogP contribution in [0.2, 0.25) is 0 Å². The Morgan fingerprint density at radius 3 is 2.50 bits per heavy atom. The summed E-state index contributed by atoms with van der Waals surface area (Å²) in [5.74, 6) is 1.35. The van der Waals surface area contributed by atoms with Crippen molar-refractivity contribution in [2.75, 3.05) is 11.9 Å². The van der Waals surface area contributed by atoms with Crippen molar-refractivity contribution >= 4 is 11.6 Å². The van der Waals surface area contributed by atoms with Gasteiger partial charge < -0.3 is 9.32 Å². The maximum absolute atomic E-state index is 12.3. The number of benzene rings is 2. The van der Waals surface area contributed by atoms with Crippen molar-refractivity contribution < 1.29 is 9.21 Å². The number of hydrogen-bond donors (Lipinski definition) is 0. The van der Waals surface area contributed by atoms with Gasteiger partial charge in [0.2, 0.25) is 5.91 Å². The van der Waals surface area contributed by atoms with E-state index in [1.807, 2.05) is 61.5 Å². The standard InChI is InChI=1S/C20H20N2O2/c1-15-8-10-16(11-9-15)18-14-21-19(24-18)12-13-20(23)22(2)17-6-4-3-5-7-17/h3-11,14H,12-13H2,1-2H3. The molecule has 0 saturated carbocycles. The van der Waals surface area contributed by atoms with E-state index in [0.717, 1.165) is 17.0 Å². The lowest BCUT2D eigenvalue weighted by Crippen LogP contribution is -2.26. The Bertz CT molecular complexity index is 807. The topological polar surface area (TPSA) is 46.3 Å². The molecule has 0 N–H and O–H groups in total. The second-order valence-electron chi connectivity index (χ2n) is 5.77. The first-order valence-electron chi connectivity index (χ1n) is 7.97. The number of anilines is 1. The molecule has 122 valence electrons. The van der Waals surface area contributed by atoms with Crippen LogP contribution >= 0.6 is 0 Å². The molecule has 0 unspecified atom stereocenters. The summed E-state index contributed by atoms with van der Waals surface area (Å²) >= 11 is 0. The van der Waals surface area contributed by atoms with Crippen LogP contribution in [0, 0.1) is 6.92 Å². The number of para-hydroxylation sites is 1. The van der Waals surface area contributed by atoms with Gasteiger partial charge >= 0.3 is 0 Å². The van der Waals surface area contributed by atoms with Crippen molar-refractivity contribution in [3.05, 3.63) is 72.2 Å². The zero-order valence-electron chi connectivity index (χ0n) is 13.9. The first kappa shape index (κ1) is 16.0. The maximum Gasteiger partial charge on any atom is 0.227 e. The Kier molecular flexibility index (Phi) is 4.75. The average molecular weight is 320 g/mol. The quantitative estimate of drug-likeness (QED) is 0.706. The highest BCUT2D eigenvalue weighted by Crippen LogP contribution is 2.21. The molecule has 4 heteroatoms. The Balaban J connectivity index is 1.61. The van der Waals surface area contributed by atoms with Gasteiger partial charge in [-0.15, -0.1) is 0 Å². The number of oxazole rings is 1. The highest BCUT2D eigenvalue weighted by Gasteiger charge is 2.13. The van der Waals surface area contributed by atoms with Gasteiger partial charge in [0.15, 0.2) is 11.7 Å². The number of rotatable bonds is 5.